The number of imidazole rings is 1. The summed E-state index contributed by atoms with van der Waals surface area (Å²) in [6, 6.07) is 0.472. The van der Waals surface area contributed by atoms with E-state index in [0.29, 0.717) is 6.04 Å². The van der Waals surface area contributed by atoms with Crippen LogP contribution in [0, 0.1) is 0 Å². The van der Waals surface area contributed by atoms with E-state index >= 15 is 0 Å². The molecule has 104 valence electrons. The van der Waals surface area contributed by atoms with Gasteiger partial charge in [0.15, 0.2) is 5.65 Å². The maximum Gasteiger partial charge on any atom is 0.163 e. The zero-order valence-electron chi connectivity index (χ0n) is 11.7. The Bertz CT molecular complexity index is 510. The number of hydrogen-bond donors (Lipinski definition) is 1. The Kier molecular flexibility index (Phi) is 4.81. The minimum absolute atomic E-state index is 0.196. The summed E-state index contributed by atoms with van der Waals surface area (Å²) in [6.45, 7) is 5.96. The van der Waals surface area contributed by atoms with Crippen LogP contribution >= 0.6 is 0 Å². The van der Waals surface area contributed by atoms with E-state index < -0.39 is 0 Å². The molecule has 6 heteroatoms. The molecular weight excluding hydrogens is 242 g/mol. The number of fused-ring (bicyclic) bond motifs is 1. The predicted molar refractivity (Wildman–Crippen MR) is 73.9 cm³/mol. The van der Waals surface area contributed by atoms with Gasteiger partial charge in [0, 0.05) is 26.2 Å². The lowest BCUT2D eigenvalue weighted by Crippen LogP contribution is -2.33. The van der Waals surface area contributed by atoms with Crippen LogP contribution in [0.1, 0.15) is 20.3 Å². The SMILES string of the molecule is COC(CCn1cnc2cncnc21)CNC(C)C. The molecule has 2 aromatic rings. The van der Waals surface area contributed by atoms with Crippen molar-refractivity contribution < 1.29 is 4.74 Å². The summed E-state index contributed by atoms with van der Waals surface area (Å²) in [6.07, 6.45) is 6.21. The lowest BCUT2D eigenvalue weighted by molar-refractivity contribution is 0.0891. The van der Waals surface area contributed by atoms with Crippen LogP contribution in [0.15, 0.2) is 18.9 Å². The van der Waals surface area contributed by atoms with Gasteiger partial charge in [0.25, 0.3) is 0 Å². The van der Waals surface area contributed by atoms with Gasteiger partial charge in [-0.2, -0.15) is 0 Å². The van der Waals surface area contributed by atoms with E-state index in [4.69, 9.17) is 4.74 Å². The van der Waals surface area contributed by atoms with Gasteiger partial charge < -0.3 is 14.6 Å². The van der Waals surface area contributed by atoms with Gasteiger partial charge in [-0.05, 0) is 6.42 Å². The number of aryl methyl sites for hydroxylation is 1. The van der Waals surface area contributed by atoms with E-state index in [9.17, 15) is 0 Å². The maximum atomic E-state index is 5.48. The summed E-state index contributed by atoms with van der Waals surface area (Å²) in [5, 5.41) is 3.39. The molecule has 0 fully saturated rings. The molecule has 0 bridgehead atoms. The fourth-order valence-electron chi connectivity index (χ4n) is 1.93. The highest BCUT2D eigenvalue weighted by Crippen LogP contribution is 2.09. The number of nitrogens with one attached hydrogen (secondary N) is 1. The Morgan fingerprint density at radius 2 is 2.21 bits per heavy atom. The first-order chi connectivity index (χ1) is 9.20. The molecule has 0 radical (unpaired) electrons. The highest BCUT2D eigenvalue weighted by atomic mass is 16.5. The van der Waals surface area contributed by atoms with Crippen molar-refractivity contribution in [3.05, 3.63) is 18.9 Å². The summed E-state index contributed by atoms with van der Waals surface area (Å²) in [5.74, 6) is 0. The molecule has 6 nitrogen and oxygen atoms in total. The molecule has 0 aromatic carbocycles. The Morgan fingerprint density at radius 3 is 2.95 bits per heavy atom. The van der Waals surface area contributed by atoms with Gasteiger partial charge in [-0.15, -0.1) is 0 Å². The summed E-state index contributed by atoms with van der Waals surface area (Å²) in [7, 11) is 1.75. The van der Waals surface area contributed by atoms with E-state index in [0.717, 1.165) is 30.7 Å². The molecule has 2 heterocycles. The Balaban J connectivity index is 1.93. The van der Waals surface area contributed by atoms with Gasteiger partial charge in [0.05, 0.1) is 18.6 Å². The van der Waals surface area contributed by atoms with Crippen molar-refractivity contribution in [1.29, 1.82) is 0 Å². The topological polar surface area (TPSA) is 64.9 Å². The molecule has 2 aromatic heterocycles. The molecule has 1 unspecified atom stereocenters. The van der Waals surface area contributed by atoms with Crippen molar-refractivity contribution in [3.8, 4) is 0 Å². The normalized spacial score (nSPS) is 13.3. The molecule has 0 aliphatic carbocycles. The average molecular weight is 263 g/mol. The summed E-state index contributed by atoms with van der Waals surface area (Å²) in [4.78, 5) is 12.5. The largest absolute Gasteiger partial charge is 0.380 e. The van der Waals surface area contributed by atoms with Crippen LogP contribution in [0.25, 0.3) is 11.2 Å². The Morgan fingerprint density at radius 1 is 1.37 bits per heavy atom. The second kappa shape index (κ2) is 6.58. The number of rotatable bonds is 7. The lowest BCUT2D eigenvalue weighted by Gasteiger charge is -2.18. The molecule has 0 saturated heterocycles. The summed E-state index contributed by atoms with van der Waals surface area (Å²) < 4.78 is 7.52. The fourth-order valence-corrected chi connectivity index (χ4v) is 1.93. The van der Waals surface area contributed by atoms with Crippen molar-refractivity contribution in [3.63, 3.8) is 0 Å². The molecule has 0 saturated carbocycles. The number of aromatic nitrogens is 4. The number of hydrogen-bond acceptors (Lipinski definition) is 5. The Labute approximate surface area is 113 Å². The van der Waals surface area contributed by atoms with Crippen molar-refractivity contribution in [2.45, 2.75) is 39.0 Å². The Hall–Kier alpha value is -1.53. The van der Waals surface area contributed by atoms with E-state index in [1.807, 2.05) is 10.9 Å². The molecule has 0 aliphatic rings. The molecule has 0 spiro atoms. The number of methoxy groups -OCH3 is 1. The third-order valence-corrected chi connectivity index (χ3v) is 3.06. The molecule has 1 atom stereocenters. The van der Waals surface area contributed by atoms with Gasteiger partial charge in [-0.25, -0.2) is 15.0 Å². The van der Waals surface area contributed by atoms with E-state index in [-0.39, 0.29) is 6.10 Å². The van der Waals surface area contributed by atoms with Crippen LogP contribution in [0.4, 0.5) is 0 Å². The summed E-state index contributed by atoms with van der Waals surface area (Å²) >= 11 is 0. The third-order valence-electron chi connectivity index (χ3n) is 3.06. The van der Waals surface area contributed by atoms with Gasteiger partial charge in [0.2, 0.25) is 0 Å². The predicted octanol–water partition coefficient (Wildman–Crippen LogP) is 1.23. The quantitative estimate of drug-likeness (QED) is 0.814. The second-order valence-corrected chi connectivity index (χ2v) is 4.88. The highest BCUT2D eigenvalue weighted by molar-refractivity contribution is 5.68. The van der Waals surface area contributed by atoms with Crippen molar-refractivity contribution in [2.75, 3.05) is 13.7 Å². The van der Waals surface area contributed by atoms with Gasteiger partial charge in [0.1, 0.15) is 11.8 Å². The van der Waals surface area contributed by atoms with Crippen LogP contribution in [0.3, 0.4) is 0 Å². The van der Waals surface area contributed by atoms with Crippen molar-refractivity contribution in [2.24, 2.45) is 0 Å². The van der Waals surface area contributed by atoms with E-state index in [1.165, 1.54) is 0 Å². The zero-order valence-corrected chi connectivity index (χ0v) is 11.7. The molecule has 0 amide bonds. The van der Waals surface area contributed by atoms with Crippen LogP contribution < -0.4 is 5.32 Å². The standard InChI is InChI=1S/C13H21N5O/c1-10(2)15-6-11(19-3)4-5-18-9-17-12-7-14-8-16-13(12)18/h7-11,15H,4-6H2,1-3H3. The van der Waals surface area contributed by atoms with Gasteiger partial charge >= 0.3 is 0 Å². The molecule has 19 heavy (non-hydrogen) atoms. The van der Waals surface area contributed by atoms with Gasteiger partial charge in [-0.3, -0.25) is 0 Å². The van der Waals surface area contributed by atoms with Crippen LogP contribution in [0.5, 0.6) is 0 Å². The molecule has 2 rings (SSSR count). The first-order valence-electron chi connectivity index (χ1n) is 6.57. The van der Waals surface area contributed by atoms with Crippen LogP contribution in [-0.2, 0) is 11.3 Å². The van der Waals surface area contributed by atoms with Gasteiger partial charge in [-0.1, -0.05) is 13.8 Å². The fraction of sp³-hybridized carbons (Fsp3) is 0.615. The third kappa shape index (κ3) is 3.71. The average Bonchev–Trinajstić information content (AvgIpc) is 2.82. The number of nitrogens with zero attached hydrogens (tertiary/aromatic N) is 4. The number of ether oxygens (including phenoxy) is 1. The first kappa shape index (κ1) is 13.9. The van der Waals surface area contributed by atoms with Crippen molar-refractivity contribution in [1.82, 2.24) is 24.8 Å². The molecule has 0 aliphatic heterocycles. The highest BCUT2D eigenvalue weighted by Gasteiger charge is 2.10. The van der Waals surface area contributed by atoms with E-state index in [1.54, 1.807) is 19.6 Å². The minimum atomic E-state index is 0.196. The van der Waals surface area contributed by atoms with Crippen LogP contribution in [0.2, 0.25) is 0 Å². The first-order valence-corrected chi connectivity index (χ1v) is 6.57. The molecule has 1 N–H and O–H groups in total. The summed E-state index contributed by atoms with van der Waals surface area (Å²) in [5.41, 5.74) is 1.71. The monoisotopic (exact) mass is 263 g/mol. The van der Waals surface area contributed by atoms with Crippen LogP contribution in [-0.4, -0.2) is 45.3 Å². The minimum Gasteiger partial charge on any atom is -0.380 e. The smallest absolute Gasteiger partial charge is 0.163 e. The van der Waals surface area contributed by atoms with Crippen molar-refractivity contribution >= 4 is 11.2 Å². The zero-order chi connectivity index (χ0) is 13.7. The second-order valence-electron chi connectivity index (χ2n) is 4.88. The lowest BCUT2D eigenvalue weighted by atomic mass is 10.2. The molecular formula is C13H21N5O. The van der Waals surface area contributed by atoms with E-state index in [2.05, 4.69) is 34.1 Å². The maximum absolute atomic E-state index is 5.48.